The molecule has 48 heavy (non-hydrogen) atoms. The van der Waals surface area contributed by atoms with Crippen molar-refractivity contribution in [2.24, 2.45) is 71.0 Å². The van der Waals surface area contributed by atoms with Crippen molar-refractivity contribution in [2.75, 3.05) is 14.1 Å². The summed E-state index contributed by atoms with van der Waals surface area (Å²) in [5.41, 5.74) is -0.799. The zero-order valence-electron chi connectivity index (χ0n) is 30.6. The third-order valence-corrected chi connectivity index (χ3v) is 16.0. The van der Waals surface area contributed by atoms with Crippen LogP contribution in [0.25, 0.3) is 0 Å². The van der Waals surface area contributed by atoms with E-state index in [0.717, 1.165) is 148 Å². The number of rotatable bonds is 0. The van der Waals surface area contributed by atoms with Gasteiger partial charge in [0.1, 0.15) is 0 Å². The van der Waals surface area contributed by atoms with E-state index in [9.17, 15) is 20.4 Å². The molecule has 16 bridgehead atoms. The van der Waals surface area contributed by atoms with Crippen molar-refractivity contribution in [3.63, 3.8) is 0 Å². The second kappa shape index (κ2) is 14.0. The molecule has 0 aromatic heterocycles. The molecule has 5 nitrogen and oxygen atoms in total. The summed E-state index contributed by atoms with van der Waals surface area (Å²) >= 11 is 0. The van der Waals surface area contributed by atoms with Crippen LogP contribution in [0.2, 0.25) is 0 Å². The van der Waals surface area contributed by atoms with E-state index < -0.39 is 0 Å². The number of hydrogen-bond donors (Lipinski definition) is 5. The quantitative estimate of drug-likeness (QED) is 0.165. The fourth-order valence-electron chi connectivity index (χ4n) is 16.3. The van der Waals surface area contributed by atoms with E-state index in [2.05, 4.69) is 5.32 Å². The van der Waals surface area contributed by atoms with Gasteiger partial charge in [0.15, 0.2) is 0 Å². The molecule has 16 rings (SSSR count). The summed E-state index contributed by atoms with van der Waals surface area (Å²) in [7, 11) is 3.75. The predicted octanol–water partition coefficient (Wildman–Crippen LogP) is 7.62. The van der Waals surface area contributed by atoms with E-state index >= 15 is 0 Å². The van der Waals surface area contributed by atoms with Crippen molar-refractivity contribution in [1.29, 1.82) is 0 Å². The molecule has 0 radical (unpaired) electrons. The molecule has 0 aliphatic heterocycles. The average Bonchev–Trinajstić information content (AvgIpc) is 2.89. The van der Waals surface area contributed by atoms with Crippen LogP contribution in [0.1, 0.15) is 154 Å². The minimum absolute atomic E-state index is 0. The van der Waals surface area contributed by atoms with Gasteiger partial charge in [-0.05, 0) is 239 Å². The fraction of sp³-hybridized carbons (Fsp3) is 1.00. The number of aliphatic hydroxyl groups is 4. The maximum absolute atomic E-state index is 10.1. The zero-order valence-corrected chi connectivity index (χ0v) is 32.6. The molecule has 16 saturated carbocycles. The smallest absolute Gasteiger partial charge is 0.0655 e. The van der Waals surface area contributed by atoms with Crippen molar-refractivity contribution in [2.45, 2.75) is 177 Å². The second-order valence-corrected chi connectivity index (χ2v) is 21.1. The van der Waals surface area contributed by atoms with Crippen molar-refractivity contribution in [1.82, 2.24) is 5.32 Å². The summed E-state index contributed by atoms with van der Waals surface area (Å²) in [6.07, 6.45) is 30.7. The maximum Gasteiger partial charge on any atom is 0.0655 e. The molecule has 16 fully saturated rings. The van der Waals surface area contributed by atoms with Gasteiger partial charge in [-0.3, -0.25) is 0 Å². The van der Waals surface area contributed by atoms with Gasteiger partial charge in [-0.2, -0.15) is 0 Å². The minimum Gasteiger partial charge on any atom is -0.390 e. The minimum atomic E-state index is -0.200. The first kappa shape index (κ1) is 36.8. The van der Waals surface area contributed by atoms with Gasteiger partial charge in [-0.25, -0.2) is 0 Å². The average molecular weight is 750 g/mol. The Kier molecular flexibility index (Phi) is 10.8. The monoisotopic (exact) mass is 751 g/mol. The van der Waals surface area contributed by atoms with Crippen molar-refractivity contribution in [3.05, 3.63) is 0 Å². The topological polar surface area (TPSA) is 93.0 Å². The Hall–Kier alpha value is 0.488. The van der Waals surface area contributed by atoms with Gasteiger partial charge in [0.25, 0.3) is 0 Å². The standard InChI is InChI=1S/4C10H16O.C2H7N.Mo/c4*11-10-4-7-1-8(5-10)3-9(2-7)6-10;1-3-2;/h4*7-9,11H,1-6H2;3H,1-2H3;. The zero-order chi connectivity index (χ0) is 32.6. The van der Waals surface area contributed by atoms with Crippen molar-refractivity contribution < 1.29 is 41.5 Å². The molecule has 5 N–H and O–H groups in total. The molecular formula is C42H71MoNO4. The summed E-state index contributed by atoms with van der Waals surface area (Å²) in [5, 5.41) is 43.2. The first-order chi connectivity index (χ1) is 22.4. The Bertz CT molecular complexity index is 798. The normalized spacial score (nSPS) is 55.6. The van der Waals surface area contributed by atoms with Crippen LogP contribution in [0.4, 0.5) is 0 Å². The second-order valence-electron chi connectivity index (χ2n) is 21.1. The Balaban J connectivity index is 0.0000000979. The molecule has 0 unspecified atom stereocenters. The van der Waals surface area contributed by atoms with Gasteiger partial charge in [0, 0.05) is 21.1 Å². The third-order valence-electron chi connectivity index (χ3n) is 16.0. The molecule has 0 atom stereocenters. The van der Waals surface area contributed by atoms with Gasteiger partial charge in [0.05, 0.1) is 22.4 Å². The van der Waals surface area contributed by atoms with Crippen LogP contribution >= 0.6 is 0 Å². The van der Waals surface area contributed by atoms with Gasteiger partial charge in [-0.1, -0.05) is 0 Å². The van der Waals surface area contributed by atoms with E-state index in [4.69, 9.17) is 0 Å². The maximum atomic E-state index is 10.1. The van der Waals surface area contributed by atoms with Crippen LogP contribution in [0.5, 0.6) is 0 Å². The van der Waals surface area contributed by atoms with Crippen LogP contribution in [-0.2, 0) is 21.1 Å². The van der Waals surface area contributed by atoms with Crippen LogP contribution in [0.15, 0.2) is 0 Å². The van der Waals surface area contributed by atoms with E-state index in [0.29, 0.717) is 0 Å². The molecule has 6 heteroatoms. The predicted molar refractivity (Wildman–Crippen MR) is 187 cm³/mol. The summed E-state index contributed by atoms with van der Waals surface area (Å²) in [6.45, 7) is 0. The van der Waals surface area contributed by atoms with E-state index in [1.54, 1.807) is 0 Å². The van der Waals surface area contributed by atoms with E-state index in [1.165, 1.54) is 77.0 Å². The molecule has 0 spiro atoms. The number of hydrogen-bond acceptors (Lipinski definition) is 5. The molecule has 16 aliphatic carbocycles. The SMILES string of the molecule is CNC.OC12CC3CC(CC(C3)C1)C2.OC12CC3CC(CC(C3)C1)C2.OC12CC3CC(CC(C3)C1)C2.OC12CC3CC(CC(C3)C1)C2.[Mo]. The molecule has 0 aromatic rings. The molecule has 0 saturated heterocycles. The first-order valence-corrected chi connectivity index (χ1v) is 20.8. The Morgan fingerprint density at radius 2 is 0.375 bits per heavy atom. The molecular weight excluding hydrogens is 678 g/mol. The molecule has 16 aliphatic rings. The van der Waals surface area contributed by atoms with Crippen LogP contribution < -0.4 is 5.32 Å². The van der Waals surface area contributed by atoms with Gasteiger partial charge in [-0.15, -0.1) is 0 Å². The first-order valence-electron chi connectivity index (χ1n) is 20.8. The van der Waals surface area contributed by atoms with Gasteiger partial charge < -0.3 is 25.7 Å². The van der Waals surface area contributed by atoms with Crippen molar-refractivity contribution in [3.8, 4) is 0 Å². The van der Waals surface area contributed by atoms with Crippen LogP contribution in [0, 0.1) is 71.0 Å². The van der Waals surface area contributed by atoms with Crippen LogP contribution in [-0.4, -0.2) is 56.9 Å². The number of nitrogens with one attached hydrogen (secondary N) is 1. The fourth-order valence-corrected chi connectivity index (χ4v) is 16.3. The molecule has 0 heterocycles. The van der Waals surface area contributed by atoms with E-state index in [1.807, 2.05) is 14.1 Å². The van der Waals surface area contributed by atoms with Crippen LogP contribution in [0.3, 0.4) is 0 Å². The Morgan fingerprint density at radius 1 is 0.292 bits per heavy atom. The van der Waals surface area contributed by atoms with Gasteiger partial charge >= 0.3 is 0 Å². The molecule has 0 aromatic carbocycles. The summed E-state index contributed by atoms with van der Waals surface area (Å²) in [5.74, 6) is 10.7. The summed E-state index contributed by atoms with van der Waals surface area (Å²) < 4.78 is 0. The van der Waals surface area contributed by atoms with E-state index in [-0.39, 0.29) is 43.5 Å². The Morgan fingerprint density at radius 3 is 0.438 bits per heavy atom. The van der Waals surface area contributed by atoms with Gasteiger partial charge in [0.2, 0.25) is 0 Å². The third kappa shape index (κ3) is 8.17. The molecule has 274 valence electrons. The molecule has 0 amide bonds. The summed E-state index contributed by atoms with van der Waals surface area (Å²) in [6, 6.07) is 0. The van der Waals surface area contributed by atoms with Crippen molar-refractivity contribution >= 4 is 0 Å². The largest absolute Gasteiger partial charge is 0.390 e. The Labute approximate surface area is 307 Å². The summed E-state index contributed by atoms with van der Waals surface area (Å²) in [4.78, 5) is 0.